The van der Waals surface area contributed by atoms with Gasteiger partial charge in [-0.05, 0) is 32.3 Å². The van der Waals surface area contributed by atoms with Gasteiger partial charge in [-0.3, -0.25) is 0 Å². The lowest BCUT2D eigenvalue weighted by Gasteiger charge is -2.11. The van der Waals surface area contributed by atoms with Crippen molar-refractivity contribution in [3.63, 3.8) is 0 Å². The van der Waals surface area contributed by atoms with Crippen LogP contribution < -0.4 is 0 Å². The second-order valence-corrected chi connectivity index (χ2v) is 3.54. The van der Waals surface area contributed by atoms with E-state index in [1.807, 2.05) is 13.8 Å². The zero-order valence-electron chi connectivity index (χ0n) is 8.97. The number of nitrogens with one attached hydrogen (secondary N) is 1. The molecule has 0 aliphatic heterocycles. The Balaban J connectivity index is 5.06. The Kier molecular flexibility index (Phi) is 4.38. The van der Waals surface area contributed by atoms with E-state index >= 15 is 0 Å². The molecule has 0 amide bonds. The highest BCUT2D eigenvalue weighted by molar-refractivity contribution is 6.46. The van der Waals surface area contributed by atoms with Crippen LogP contribution in [0.5, 0.6) is 0 Å². The predicted octanol–water partition coefficient (Wildman–Crippen LogP) is 2.85. The quantitative estimate of drug-likeness (QED) is 0.393. The van der Waals surface area contributed by atoms with Gasteiger partial charge in [0.2, 0.25) is 0 Å². The van der Waals surface area contributed by atoms with Crippen molar-refractivity contribution < 1.29 is 5.21 Å². The molecule has 0 aromatic heterocycles. The topological polar surface area (TPSA) is 56.4 Å². The molecule has 0 fully saturated rings. The van der Waals surface area contributed by atoms with E-state index in [1.165, 1.54) is 0 Å². The standard InChI is InChI=1S/C10H18N2O/c1-6(2)7(3)8(4)10(12-13)9(5)11/h6,11,13H,1-5H3/b8-7-,11-9?,12-10-. The molecule has 0 aromatic carbocycles. The van der Waals surface area contributed by atoms with Crippen LogP contribution in [0.1, 0.15) is 34.6 Å². The van der Waals surface area contributed by atoms with Crippen LogP contribution in [-0.4, -0.2) is 16.6 Å². The van der Waals surface area contributed by atoms with Crippen LogP contribution in [0.25, 0.3) is 0 Å². The van der Waals surface area contributed by atoms with Gasteiger partial charge >= 0.3 is 0 Å². The van der Waals surface area contributed by atoms with Gasteiger partial charge in [0.25, 0.3) is 0 Å². The van der Waals surface area contributed by atoms with E-state index in [1.54, 1.807) is 6.92 Å². The highest BCUT2D eigenvalue weighted by atomic mass is 16.4. The molecular weight excluding hydrogens is 164 g/mol. The molecule has 0 aliphatic rings. The number of oxime groups is 1. The lowest BCUT2D eigenvalue weighted by molar-refractivity contribution is 0.320. The Hall–Kier alpha value is -1.12. The van der Waals surface area contributed by atoms with Gasteiger partial charge in [-0.15, -0.1) is 0 Å². The smallest absolute Gasteiger partial charge is 0.125 e. The number of allylic oxidation sites excluding steroid dienone is 2. The molecule has 13 heavy (non-hydrogen) atoms. The van der Waals surface area contributed by atoms with Crippen molar-refractivity contribution in [1.82, 2.24) is 0 Å². The Morgan fingerprint density at radius 3 is 1.92 bits per heavy atom. The van der Waals surface area contributed by atoms with E-state index in [4.69, 9.17) is 10.6 Å². The number of rotatable bonds is 3. The van der Waals surface area contributed by atoms with E-state index in [0.29, 0.717) is 17.3 Å². The number of hydrogen-bond donors (Lipinski definition) is 2. The lowest BCUT2D eigenvalue weighted by Crippen LogP contribution is -2.13. The fraction of sp³-hybridized carbons (Fsp3) is 0.600. The molecule has 74 valence electrons. The molecule has 0 atom stereocenters. The molecule has 0 spiro atoms. The van der Waals surface area contributed by atoms with Gasteiger partial charge in [-0.1, -0.05) is 24.6 Å². The van der Waals surface area contributed by atoms with Crippen LogP contribution in [0, 0.1) is 11.3 Å². The third kappa shape index (κ3) is 3.01. The summed E-state index contributed by atoms with van der Waals surface area (Å²) >= 11 is 0. The second-order valence-electron chi connectivity index (χ2n) is 3.54. The molecule has 3 nitrogen and oxygen atoms in total. The summed E-state index contributed by atoms with van der Waals surface area (Å²) in [5.74, 6) is 0.413. The summed E-state index contributed by atoms with van der Waals surface area (Å²) in [5.41, 5.74) is 2.72. The molecule has 0 unspecified atom stereocenters. The van der Waals surface area contributed by atoms with Crippen molar-refractivity contribution in [3.8, 4) is 0 Å². The summed E-state index contributed by atoms with van der Waals surface area (Å²) in [6.07, 6.45) is 0. The van der Waals surface area contributed by atoms with Gasteiger partial charge in [-0.2, -0.15) is 0 Å². The van der Waals surface area contributed by atoms with Gasteiger partial charge in [0.15, 0.2) is 0 Å². The molecule has 0 saturated carbocycles. The van der Waals surface area contributed by atoms with Gasteiger partial charge < -0.3 is 10.6 Å². The first kappa shape index (κ1) is 11.9. The fourth-order valence-corrected chi connectivity index (χ4v) is 1.05. The number of hydrogen-bond acceptors (Lipinski definition) is 3. The first-order valence-electron chi connectivity index (χ1n) is 4.37. The highest BCUT2D eigenvalue weighted by Crippen LogP contribution is 2.15. The van der Waals surface area contributed by atoms with Crippen molar-refractivity contribution in [1.29, 1.82) is 5.41 Å². The fourth-order valence-electron chi connectivity index (χ4n) is 1.05. The monoisotopic (exact) mass is 182 g/mol. The molecule has 0 saturated heterocycles. The van der Waals surface area contributed by atoms with Crippen LogP contribution in [-0.2, 0) is 0 Å². The van der Waals surface area contributed by atoms with E-state index in [-0.39, 0.29) is 0 Å². The lowest BCUT2D eigenvalue weighted by atomic mass is 9.95. The van der Waals surface area contributed by atoms with Gasteiger partial charge in [0, 0.05) is 0 Å². The van der Waals surface area contributed by atoms with Crippen LogP contribution in [0.2, 0.25) is 0 Å². The summed E-state index contributed by atoms with van der Waals surface area (Å²) in [6, 6.07) is 0. The minimum absolute atomic E-state index is 0.292. The molecular formula is C10H18N2O. The van der Waals surface area contributed by atoms with E-state index in [0.717, 1.165) is 11.1 Å². The van der Waals surface area contributed by atoms with Gasteiger partial charge in [0.1, 0.15) is 5.71 Å². The zero-order valence-corrected chi connectivity index (χ0v) is 8.97. The molecule has 0 heterocycles. The average Bonchev–Trinajstić information content (AvgIpc) is 2.03. The van der Waals surface area contributed by atoms with Crippen LogP contribution >= 0.6 is 0 Å². The first-order valence-corrected chi connectivity index (χ1v) is 4.37. The Morgan fingerprint density at radius 2 is 1.69 bits per heavy atom. The van der Waals surface area contributed by atoms with Crippen LogP contribution in [0.15, 0.2) is 16.3 Å². The zero-order chi connectivity index (χ0) is 10.6. The summed E-state index contributed by atoms with van der Waals surface area (Å²) in [7, 11) is 0. The van der Waals surface area contributed by atoms with Crippen molar-refractivity contribution in [2.45, 2.75) is 34.6 Å². The molecule has 3 heteroatoms. The minimum Gasteiger partial charge on any atom is -0.410 e. The van der Waals surface area contributed by atoms with Crippen molar-refractivity contribution in [3.05, 3.63) is 11.1 Å². The van der Waals surface area contributed by atoms with Gasteiger partial charge in [-0.25, -0.2) is 0 Å². The van der Waals surface area contributed by atoms with Crippen LogP contribution in [0.3, 0.4) is 0 Å². The molecule has 0 aromatic rings. The predicted molar refractivity (Wildman–Crippen MR) is 55.8 cm³/mol. The molecule has 0 rings (SSSR count). The van der Waals surface area contributed by atoms with Crippen molar-refractivity contribution in [2.24, 2.45) is 11.1 Å². The molecule has 2 N–H and O–H groups in total. The highest BCUT2D eigenvalue weighted by Gasteiger charge is 2.10. The SMILES string of the molecule is CC(=N)C(=N\O)/C(C)=C(/C)C(C)C. The van der Waals surface area contributed by atoms with E-state index in [9.17, 15) is 0 Å². The summed E-state index contributed by atoms with van der Waals surface area (Å²) in [6.45, 7) is 9.64. The molecule has 0 radical (unpaired) electrons. The van der Waals surface area contributed by atoms with E-state index < -0.39 is 0 Å². The van der Waals surface area contributed by atoms with E-state index in [2.05, 4.69) is 19.0 Å². The maximum Gasteiger partial charge on any atom is 0.125 e. The van der Waals surface area contributed by atoms with Crippen LogP contribution in [0.4, 0.5) is 0 Å². The Morgan fingerprint density at radius 1 is 1.23 bits per heavy atom. The van der Waals surface area contributed by atoms with Crippen molar-refractivity contribution >= 4 is 11.4 Å². The molecule has 0 aliphatic carbocycles. The first-order chi connectivity index (χ1) is 5.91. The maximum absolute atomic E-state index is 8.71. The third-order valence-electron chi connectivity index (χ3n) is 2.27. The van der Waals surface area contributed by atoms with Crippen molar-refractivity contribution in [2.75, 3.05) is 0 Å². The average molecular weight is 182 g/mol. The summed E-state index contributed by atoms with van der Waals surface area (Å²) < 4.78 is 0. The Bertz CT molecular complexity index is 262. The Labute approximate surface area is 79.7 Å². The minimum atomic E-state index is 0.292. The molecule has 0 bridgehead atoms. The maximum atomic E-state index is 8.71. The third-order valence-corrected chi connectivity index (χ3v) is 2.27. The van der Waals surface area contributed by atoms with Gasteiger partial charge in [0.05, 0.1) is 5.71 Å². The summed E-state index contributed by atoms with van der Waals surface area (Å²) in [4.78, 5) is 0. The largest absolute Gasteiger partial charge is 0.410 e. The summed E-state index contributed by atoms with van der Waals surface area (Å²) in [5, 5.41) is 19.2. The normalized spacial score (nSPS) is 14.5. The second kappa shape index (κ2) is 4.80. The number of nitrogens with zero attached hydrogens (tertiary/aromatic N) is 1.